The molecule has 3 aromatic heterocycles. The van der Waals surface area contributed by atoms with Crippen LogP contribution in [0.25, 0.3) is 22.0 Å². The van der Waals surface area contributed by atoms with Crippen molar-refractivity contribution in [2.45, 2.75) is 38.5 Å². The molecule has 5 aromatic rings. The van der Waals surface area contributed by atoms with E-state index in [0.717, 1.165) is 57.3 Å². The molecule has 1 fully saturated rings. The second-order valence-electron chi connectivity index (χ2n) is 9.96. The lowest BCUT2D eigenvalue weighted by atomic mass is 9.94. The molecule has 8 nitrogen and oxygen atoms in total. The first kappa shape index (κ1) is 24.9. The molecular weight excluding hydrogens is 508 g/mol. The van der Waals surface area contributed by atoms with Crippen LogP contribution < -0.4 is 5.32 Å². The van der Waals surface area contributed by atoms with E-state index in [4.69, 9.17) is 4.74 Å². The van der Waals surface area contributed by atoms with Crippen molar-refractivity contribution in [1.29, 1.82) is 5.26 Å². The summed E-state index contributed by atoms with van der Waals surface area (Å²) in [4.78, 5) is 22.4. The van der Waals surface area contributed by atoms with Crippen LogP contribution in [-0.4, -0.2) is 25.7 Å². The van der Waals surface area contributed by atoms with Gasteiger partial charge in [-0.3, -0.25) is 9.48 Å². The molecule has 2 aromatic carbocycles. The van der Waals surface area contributed by atoms with Crippen molar-refractivity contribution in [3.8, 4) is 17.2 Å². The van der Waals surface area contributed by atoms with Crippen LogP contribution in [0.3, 0.4) is 0 Å². The van der Waals surface area contributed by atoms with E-state index in [2.05, 4.69) is 32.5 Å². The molecule has 0 spiro atoms. The van der Waals surface area contributed by atoms with Gasteiger partial charge in [-0.15, -0.1) is 11.3 Å². The van der Waals surface area contributed by atoms with Gasteiger partial charge in [0, 0.05) is 35.1 Å². The highest BCUT2D eigenvalue weighted by Gasteiger charge is 2.47. The average Bonchev–Trinajstić information content (AvgIpc) is 3.29. The van der Waals surface area contributed by atoms with Gasteiger partial charge in [0.1, 0.15) is 11.8 Å². The van der Waals surface area contributed by atoms with Crippen LogP contribution in [0, 0.1) is 18.3 Å². The Morgan fingerprint density at radius 2 is 2.05 bits per heavy atom. The first-order valence-corrected chi connectivity index (χ1v) is 13.6. The highest BCUT2D eigenvalue weighted by molar-refractivity contribution is 7.07. The van der Waals surface area contributed by atoms with Gasteiger partial charge in [-0.25, -0.2) is 9.97 Å². The SMILES string of the molecule is Cc1cc(COCc2cscn2)ccc1C(=O)NC1(c2cc(-c3cnn(C)c3)cc3nc(C#N)ccc23)CC1. The number of aromatic nitrogens is 4. The van der Waals surface area contributed by atoms with Crippen molar-refractivity contribution in [2.75, 3.05) is 0 Å². The summed E-state index contributed by atoms with van der Waals surface area (Å²) >= 11 is 1.55. The van der Waals surface area contributed by atoms with E-state index in [1.165, 1.54) is 0 Å². The summed E-state index contributed by atoms with van der Waals surface area (Å²) in [6.45, 7) is 2.86. The molecule has 0 radical (unpaired) electrons. The minimum absolute atomic E-state index is 0.110. The summed E-state index contributed by atoms with van der Waals surface area (Å²) in [5.74, 6) is -0.110. The highest BCUT2D eigenvalue weighted by Crippen LogP contribution is 2.49. The van der Waals surface area contributed by atoms with Gasteiger partial charge in [-0.05, 0) is 72.4 Å². The molecule has 194 valence electrons. The zero-order valence-electron chi connectivity index (χ0n) is 21.6. The summed E-state index contributed by atoms with van der Waals surface area (Å²) < 4.78 is 7.54. The minimum Gasteiger partial charge on any atom is -0.370 e. The van der Waals surface area contributed by atoms with E-state index in [0.29, 0.717) is 24.5 Å². The fourth-order valence-electron chi connectivity index (χ4n) is 4.95. The average molecular weight is 535 g/mol. The fourth-order valence-corrected chi connectivity index (χ4v) is 5.50. The van der Waals surface area contributed by atoms with Crippen molar-refractivity contribution in [3.63, 3.8) is 0 Å². The van der Waals surface area contributed by atoms with E-state index in [1.54, 1.807) is 27.6 Å². The summed E-state index contributed by atoms with van der Waals surface area (Å²) in [6.07, 6.45) is 5.41. The van der Waals surface area contributed by atoms with E-state index < -0.39 is 5.54 Å². The molecule has 39 heavy (non-hydrogen) atoms. The number of nitrogens with one attached hydrogen (secondary N) is 1. The summed E-state index contributed by atoms with van der Waals surface area (Å²) in [6, 6.07) is 15.7. The number of benzene rings is 2. The molecule has 0 bridgehead atoms. The molecule has 0 aliphatic heterocycles. The number of carbonyl (C=O) groups is 1. The van der Waals surface area contributed by atoms with Crippen LogP contribution in [-0.2, 0) is 30.5 Å². The van der Waals surface area contributed by atoms with Crippen LogP contribution in [0.2, 0.25) is 0 Å². The first-order valence-electron chi connectivity index (χ1n) is 12.7. The largest absolute Gasteiger partial charge is 0.370 e. The van der Waals surface area contributed by atoms with Gasteiger partial charge in [-0.2, -0.15) is 10.4 Å². The number of aryl methyl sites for hydroxylation is 2. The van der Waals surface area contributed by atoms with E-state index in [-0.39, 0.29) is 5.91 Å². The normalized spacial score (nSPS) is 13.8. The van der Waals surface area contributed by atoms with Crippen molar-refractivity contribution < 1.29 is 9.53 Å². The Morgan fingerprint density at radius 1 is 1.18 bits per heavy atom. The van der Waals surface area contributed by atoms with Gasteiger partial charge in [0.05, 0.1) is 41.7 Å². The molecule has 3 heterocycles. The Morgan fingerprint density at radius 3 is 2.74 bits per heavy atom. The zero-order chi connectivity index (χ0) is 27.0. The van der Waals surface area contributed by atoms with Crippen LogP contribution in [0.4, 0.5) is 0 Å². The number of ether oxygens (including phenoxy) is 1. The number of amides is 1. The Balaban J connectivity index is 1.27. The molecule has 1 N–H and O–H groups in total. The van der Waals surface area contributed by atoms with Gasteiger partial charge in [-0.1, -0.05) is 12.1 Å². The highest BCUT2D eigenvalue weighted by atomic mass is 32.1. The predicted octanol–water partition coefficient (Wildman–Crippen LogP) is 5.41. The molecule has 1 aliphatic rings. The second kappa shape index (κ2) is 10.1. The number of nitriles is 1. The third-order valence-electron chi connectivity index (χ3n) is 7.12. The second-order valence-corrected chi connectivity index (χ2v) is 10.7. The molecule has 6 rings (SSSR count). The molecule has 1 aliphatic carbocycles. The Labute approximate surface area is 229 Å². The Bertz CT molecular complexity index is 1730. The van der Waals surface area contributed by atoms with Crippen molar-refractivity contribution in [2.24, 2.45) is 7.05 Å². The predicted molar refractivity (Wildman–Crippen MR) is 149 cm³/mol. The monoisotopic (exact) mass is 534 g/mol. The lowest BCUT2D eigenvalue weighted by molar-refractivity contribution is 0.0929. The number of nitrogens with zero attached hydrogens (tertiary/aromatic N) is 5. The molecule has 1 amide bonds. The van der Waals surface area contributed by atoms with Gasteiger partial charge >= 0.3 is 0 Å². The molecular formula is C30H26N6O2S. The third-order valence-corrected chi connectivity index (χ3v) is 7.75. The van der Waals surface area contributed by atoms with Gasteiger partial charge < -0.3 is 10.1 Å². The maximum Gasteiger partial charge on any atom is 0.252 e. The number of thiazole rings is 1. The lowest BCUT2D eigenvalue weighted by Crippen LogP contribution is -2.35. The van der Waals surface area contributed by atoms with Crippen LogP contribution in [0.15, 0.2) is 65.7 Å². The number of fused-ring (bicyclic) bond motifs is 1. The van der Waals surface area contributed by atoms with E-state index in [1.807, 2.05) is 62.1 Å². The summed E-state index contributed by atoms with van der Waals surface area (Å²) in [5.41, 5.74) is 8.76. The Hall–Kier alpha value is -4.39. The lowest BCUT2D eigenvalue weighted by Gasteiger charge is -2.22. The van der Waals surface area contributed by atoms with E-state index in [9.17, 15) is 10.1 Å². The first-order chi connectivity index (χ1) is 18.9. The fraction of sp³-hybridized carbons (Fsp3) is 0.233. The molecule has 0 atom stereocenters. The number of hydrogen-bond donors (Lipinski definition) is 1. The zero-order valence-corrected chi connectivity index (χ0v) is 22.5. The summed E-state index contributed by atoms with van der Waals surface area (Å²) in [7, 11) is 1.88. The van der Waals surface area contributed by atoms with Gasteiger partial charge in [0.25, 0.3) is 5.91 Å². The maximum absolute atomic E-state index is 13.5. The van der Waals surface area contributed by atoms with Crippen LogP contribution in [0.5, 0.6) is 0 Å². The third kappa shape index (κ3) is 5.04. The molecule has 1 saturated carbocycles. The maximum atomic E-state index is 13.5. The Kier molecular flexibility index (Phi) is 6.43. The van der Waals surface area contributed by atoms with Crippen molar-refractivity contribution >= 4 is 28.1 Å². The van der Waals surface area contributed by atoms with Crippen molar-refractivity contribution in [3.05, 3.63) is 99.4 Å². The molecule has 0 unspecified atom stereocenters. The summed E-state index contributed by atoms with van der Waals surface area (Å²) in [5, 5.41) is 20.0. The van der Waals surface area contributed by atoms with Gasteiger partial charge in [0.2, 0.25) is 0 Å². The smallest absolute Gasteiger partial charge is 0.252 e. The number of rotatable bonds is 8. The number of pyridine rings is 1. The van der Waals surface area contributed by atoms with Crippen LogP contribution >= 0.6 is 11.3 Å². The standard InChI is InChI=1S/C30H26N6O2S/c1-19-9-20(15-38-16-24-17-39-18-32-24)3-5-25(19)29(37)35-30(7-8-30)27-10-21(22-13-33-36(2)14-22)11-28-26(27)6-4-23(12-31)34-28/h3-6,9-11,13-14,17-18H,7-8,15-16H2,1-2H3,(H,35,37). The van der Waals surface area contributed by atoms with E-state index >= 15 is 0 Å². The van der Waals surface area contributed by atoms with Gasteiger partial charge in [0.15, 0.2) is 0 Å². The topological polar surface area (TPSA) is 106 Å². The van der Waals surface area contributed by atoms with Crippen molar-refractivity contribution in [1.82, 2.24) is 25.1 Å². The molecule has 0 saturated heterocycles. The number of hydrogen-bond acceptors (Lipinski definition) is 7. The minimum atomic E-state index is -0.495. The quantitative estimate of drug-likeness (QED) is 0.285. The van der Waals surface area contributed by atoms with Crippen LogP contribution in [0.1, 0.15) is 51.3 Å². The number of carbonyl (C=O) groups excluding carboxylic acids is 1. The molecule has 9 heteroatoms.